The molecule has 24 heavy (non-hydrogen) atoms. The predicted octanol–water partition coefficient (Wildman–Crippen LogP) is 3.23. The molecule has 1 aromatic carbocycles. The average Bonchev–Trinajstić information content (AvgIpc) is 3.24. The van der Waals surface area contributed by atoms with E-state index >= 15 is 0 Å². The smallest absolute Gasteiger partial charge is 0.191 e. The Kier molecular flexibility index (Phi) is 6.13. The second-order valence-corrected chi connectivity index (χ2v) is 7.13. The van der Waals surface area contributed by atoms with Crippen LogP contribution in [0, 0.1) is 0 Å². The fourth-order valence-corrected chi connectivity index (χ4v) is 3.57. The summed E-state index contributed by atoms with van der Waals surface area (Å²) in [5.74, 6) is 0.901. The topological polar surface area (TPSA) is 45.7 Å². The maximum absolute atomic E-state index is 5.90. The van der Waals surface area contributed by atoms with Gasteiger partial charge in [0.25, 0.3) is 0 Å². The summed E-state index contributed by atoms with van der Waals surface area (Å²) in [4.78, 5) is 4.34. The van der Waals surface area contributed by atoms with Gasteiger partial charge in [-0.15, -0.1) is 0 Å². The summed E-state index contributed by atoms with van der Waals surface area (Å²) in [5, 5.41) is 6.91. The van der Waals surface area contributed by atoms with Gasteiger partial charge < -0.3 is 15.4 Å². The molecule has 1 aromatic rings. The zero-order valence-corrected chi connectivity index (χ0v) is 14.9. The summed E-state index contributed by atoms with van der Waals surface area (Å²) >= 11 is 0. The van der Waals surface area contributed by atoms with Crippen LogP contribution < -0.4 is 10.6 Å². The molecule has 0 heterocycles. The van der Waals surface area contributed by atoms with Gasteiger partial charge in [-0.1, -0.05) is 43.2 Å². The molecule has 0 unspecified atom stereocenters. The van der Waals surface area contributed by atoms with E-state index in [0.717, 1.165) is 32.1 Å². The van der Waals surface area contributed by atoms with Crippen LogP contribution in [0.1, 0.15) is 50.5 Å². The first-order valence-electron chi connectivity index (χ1n) is 9.44. The Hall–Kier alpha value is -1.55. The predicted molar refractivity (Wildman–Crippen MR) is 99.5 cm³/mol. The minimum absolute atomic E-state index is 0.310. The summed E-state index contributed by atoms with van der Waals surface area (Å²) in [6.45, 7) is 2.71. The van der Waals surface area contributed by atoms with Crippen LogP contribution in [-0.2, 0) is 10.2 Å². The van der Waals surface area contributed by atoms with Crippen molar-refractivity contribution in [3.63, 3.8) is 0 Å². The third-order valence-electron chi connectivity index (χ3n) is 5.33. The average molecular weight is 329 g/mol. The first-order valence-corrected chi connectivity index (χ1v) is 9.44. The number of nitrogens with one attached hydrogen (secondary N) is 2. The van der Waals surface area contributed by atoms with Crippen molar-refractivity contribution in [3.8, 4) is 0 Å². The molecule has 2 aliphatic carbocycles. The van der Waals surface area contributed by atoms with E-state index in [1.807, 2.05) is 7.05 Å². The number of hydrogen-bond acceptors (Lipinski definition) is 2. The molecule has 4 nitrogen and oxygen atoms in total. The molecular weight excluding hydrogens is 298 g/mol. The van der Waals surface area contributed by atoms with Crippen molar-refractivity contribution in [2.24, 2.45) is 4.99 Å². The third kappa shape index (κ3) is 4.73. The van der Waals surface area contributed by atoms with Crippen molar-refractivity contribution in [2.45, 2.75) is 56.5 Å². The van der Waals surface area contributed by atoms with Crippen molar-refractivity contribution >= 4 is 5.96 Å². The molecular formula is C20H31N3O. The van der Waals surface area contributed by atoms with Gasteiger partial charge in [0, 0.05) is 32.2 Å². The van der Waals surface area contributed by atoms with Gasteiger partial charge in [-0.05, 0) is 37.7 Å². The lowest BCUT2D eigenvalue weighted by Gasteiger charge is -2.19. The molecule has 0 spiro atoms. The third-order valence-corrected chi connectivity index (χ3v) is 5.33. The summed E-state index contributed by atoms with van der Waals surface area (Å²) in [7, 11) is 1.84. The van der Waals surface area contributed by atoms with Crippen molar-refractivity contribution < 1.29 is 4.74 Å². The Balaban J connectivity index is 1.33. The highest BCUT2D eigenvalue weighted by Crippen LogP contribution is 2.47. The van der Waals surface area contributed by atoms with Gasteiger partial charge in [0.05, 0.1) is 6.10 Å². The number of nitrogens with zero attached hydrogens (tertiary/aromatic N) is 1. The second kappa shape index (κ2) is 8.52. The molecule has 0 saturated heterocycles. The van der Waals surface area contributed by atoms with E-state index in [4.69, 9.17) is 4.74 Å². The molecule has 132 valence electrons. The highest BCUT2D eigenvalue weighted by Gasteiger charge is 2.43. The number of ether oxygens (including phenoxy) is 1. The fourth-order valence-electron chi connectivity index (χ4n) is 3.57. The van der Waals surface area contributed by atoms with E-state index < -0.39 is 0 Å². The van der Waals surface area contributed by atoms with E-state index in [9.17, 15) is 0 Å². The van der Waals surface area contributed by atoms with Crippen LogP contribution >= 0.6 is 0 Å². The highest BCUT2D eigenvalue weighted by atomic mass is 16.5. The van der Waals surface area contributed by atoms with E-state index in [-0.39, 0.29) is 0 Å². The van der Waals surface area contributed by atoms with Gasteiger partial charge in [-0.2, -0.15) is 0 Å². The monoisotopic (exact) mass is 329 g/mol. The van der Waals surface area contributed by atoms with Gasteiger partial charge in [0.2, 0.25) is 0 Å². The molecule has 0 amide bonds. The first-order chi connectivity index (χ1) is 11.8. The van der Waals surface area contributed by atoms with Gasteiger partial charge >= 0.3 is 0 Å². The van der Waals surface area contributed by atoms with Crippen LogP contribution in [0.25, 0.3) is 0 Å². The Morgan fingerprint density at radius 1 is 1.17 bits per heavy atom. The van der Waals surface area contributed by atoms with E-state index in [2.05, 4.69) is 46.0 Å². The van der Waals surface area contributed by atoms with E-state index in [1.54, 1.807) is 0 Å². The lowest BCUT2D eigenvalue weighted by Crippen LogP contribution is -2.41. The standard InChI is InChI=1S/C20H31N3O/c1-21-19(22-14-7-15-24-18-10-5-6-11-18)23-16-20(12-13-20)17-8-3-2-4-9-17/h2-4,8-9,18H,5-7,10-16H2,1H3,(H2,21,22,23). The maximum atomic E-state index is 5.90. The highest BCUT2D eigenvalue weighted by molar-refractivity contribution is 5.79. The van der Waals surface area contributed by atoms with Gasteiger partial charge in [-0.3, -0.25) is 4.99 Å². The molecule has 0 atom stereocenters. The molecule has 2 aliphatic rings. The van der Waals surface area contributed by atoms with Crippen LogP contribution in [-0.4, -0.2) is 38.8 Å². The van der Waals surface area contributed by atoms with Gasteiger partial charge in [0.15, 0.2) is 5.96 Å². The van der Waals surface area contributed by atoms with Gasteiger partial charge in [0.1, 0.15) is 0 Å². The molecule has 3 rings (SSSR count). The summed E-state index contributed by atoms with van der Waals surface area (Å²) < 4.78 is 5.90. The Labute approximate surface area is 146 Å². The molecule has 0 aliphatic heterocycles. The molecule has 4 heteroatoms. The van der Waals surface area contributed by atoms with E-state index in [1.165, 1.54) is 44.1 Å². The Morgan fingerprint density at radius 2 is 1.92 bits per heavy atom. The Morgan fingerprint density at radius 3 is 2.58 bits per heavy atom. The quantitative estimate of drug-likeness (QED) is 0.437. The number of hydrogen-bond donors (Lipinski definition) is 2. The van der Waals surface area contributed by atoms with Gasteiger partial charge in [-0.25, -0.2) is 0 Å². The molecule has 0 radical (unpaired) electrons. The molecule has 2 saturated carbocycles. The van der Waals surface area contributed by atoms with Crippen LogP contribution in [0.15, 0.2) is 35.3 Å². The zero-order chi connectivity index (χ0) is 16.7. The van der Waals surface area contributed by atoms with Crippen molar-refractivity contribution in [3.05, 3.63) is 35.9 Å². The molecule has 2 N–H and O–H groups in total. The largest absolute Gasteiger partial charge is 0.378 e. The van der Waals surface area contributed by atoms with E-state index in [0.29, 0.717) is 11.5 Å². The SMILES string of the molecule is CN=C(NCCCOC1CCCC1)NCC1(c2ccccc2)CC1. The molecule has 2 fully saturated rings. The van der Waals surface area contributed by atoms with Crippen molar-refractivity contribution in [2.75, 3.05) is 26.7 Å². The van der Waals surface area contributed by atoms with Crippen LogP contribution in [0.2, 0.25) is 0 Å². The summed E-state index contributed by atoms with van der Waals surface area (Å²) in [6, 6.07) is 10.8. The zero-order valence-electron chi connectivity index (χ0n) is 14.9. The maximum Gasteiger partial charge on any atom is 0.191 e. The van der Waals surface area contributed by atoms with Crippen LogP contribution in [0.5, 0.6) is 0 Å². The minimum atomic E-state index is 0.310. The lowest BCUT2D eigenvalue weighted by molar-refractivity contribution is 0.0574. The first kappa shape index (κ1) is 17.3. The minimum Gasteiger partial charge on any atom is -0.378 e. The van der Waals surface area contributed by atoms with Crippen molar-refractivity contribution in [1.82, 2.24) is 10.6 Å². The summed E-state index contributed by atoms with van der Waals surface area (Å²) in [6.07, 6.45) is 9.23. The van der Waals surface area contributed by atoms with Crippen LogP contribution in [0.4, 0.5) is 0 Å². The number of benzene rings is 1. The normalized spacial score (nSPS) is 20.1. The summed E-state index contributed by atoms with van der Waals surface area (Å²) in [5.41, 5.74) is 1.75. The fraction of sp³-hybridized carbons (Fsp3) is 0.650. The molecule has 0 aromatic heterocycles. The number of aliphatic imine (C=N–C) groups is 1. The van der Waals surface area contributed by atoms with Crippen LogP contribution in [0.3, 0.4) is 0 Å². The lowest BCUT2D eigenvalue weighted by atomic mass is 9.96. The second-order valence-electron chi connectivity index (χ2n) is 7.13. The number of guanidine groups is 1. The van der Waals surface area contributed by atoms with Crippen molar-refractivity contribution in [1.29, 1.82) is 0 Å². The Bertz CT molecular complexity index is 519. The molecule has 0 bridgehead atoms. The number of rotatable bonds is 8.